The molecule has 1 N–H and O–H groups in total. The SMILES string of the molecule is CCNC(c1ccc(F)cc1C)C1CN2CCN1CC2. The van der Waals surface area contributed by atoms with E-state index < -0.39 is 0 Å². The van der Waals surface area contributed by atoms with E-state index in [4.69, 9.17) is 0 Å². The Hall–Kier alpha value is -0.970. The lowest BCUT2D eigenvalue weighted by Crippen LogP contribution is -2.64. The minimum Gasteiger partial charge on any atom is -0.309 e. The van der Waals surface area contributed by atoms with Crippen LogP contribution in [0.3, 0.4) is 0 Å². The summed E-state index contributed by atoms with van der Waals surface area (Å²) in [7, 11) is 0. The second-order valence-electron chi connectivity index (χ2n) is 5.94. The summed E-state index contributed by atoms with van der Waals surface area (Å²) in [5, 5.41) is 3.62. The third-order valence-corrected chi connectivity index (χ3v) is 4.70. The second-order valence-corrected chi connectivity index (χ2v) is 5.94. The highest BCUT2D eigenvalue weighted by atomic mass is 19.1. The summed E-state index contributed by atoms with van der Waals surface area (Å²) in [5.41, 5.74) is 2.29. The van der Waals surface area contributed by atoms with Gasteiger partial charge < -0.3 is 5.32 Å². The fourth-order valence-corrected chi connectivity index (χ4v) is 3.64. The van der Waals surface area contributed by atoms with Crippen molar-refractivity contribution in [3.63, 3.8) is 0 Å². The number of aryl methyl sites for hydroxylation is 1. The predicted molar refractivity (Wildman–Crippen MR) is 79.4 cm³/mol. The van der Waals surface area contributed by atoms with Crippen molar-refractivity contribution in [2.24, 2.45) is 0 Å². The van der Waals surface area contributed by atoms with E-state index in [0.29, 0.717) is 12.1 Å². The number of hydrogen-bond donors (Lipinski definition) is 1. The Labute approximate surface area is 120 Å². The van der Waals surface area contributed by atoms with Crippen molar-refractivity contribution in [3.05, 3.63) is 35.1 Å². The molecule has 20 heavy (non-hydrogen) atoms. The maximum absolute atomic E-state index is 13.3. The number of piperazine rings is 3. The number of nitrogens with one attached hydrogen (secondary N) is 1. The second kappa shape index (κ2) is 5.80. The standard InChI is InChI=1S/C16H24FN3/c1-3-18-16(14-5-4-13(17)10-12(14)2)15-11-19-6-8-20(15)9-7-19/h4-5,10,15-16,18H,3,6-9,11H2,1-2H3. The molecule has 2 atom stereocenters. The summed E-state index contributed by atoms with van der Waals surface area (Å²) in [6.07, 6.45) is 0. The van der Waals surface area contributed by atoms with Crippen LogP contribution in [-0.4, -0.2) is 55.1 Å². The van der Waals surface area contributed by atoms with Crippen molar-refractivity contribution in [1.29, 1.82) is 0 Å². The van der Waals surface area contributed by atoms with E-state index >= 15 is 0 Å². The van der Waals surface area contributed by atoms with Crippen molar-refractivity contribution in [1.82, 2.24) is 15.1 Å². The maximum atomic E-state index is 13.3. The molecule has 0 aliphatic carbocycles. The van der Waals surface area contributed by atoms with Gasteiger partial charge in [0.1, 0.15) is 5.82 Å². The fraction of sp³-hybridized carbons (Fsp3) is 0.625. The van der Waals surface area contributed by atoms with Gasteiger partial charge in [-0.15, -0.1) is 0 Å². The lowest BCUT2D eigenvalue weighted by molar-refractivity contribution is -0.00353. The molecule has 0 radical (unpaired) electrons. The van der Waals surface area contributed by atoms with Gasteiger partial charge in [0.05, 0.1) is 0 Å². The normalized spacial score (nSPS) is 30.4. The third kappa shape index (κ3) is 2.60. The monoisotopic (exact) mass is 277 g/mol. The van der Waals surface area contributed by atoms with Crippen molar-refractivity contribution in [3.8, 4) is 0 Å². The molecule has 3 saturated heterocycles. The molecule has 4 heteroatoms. The van der Waals surface area contributed by atoms with E-state index in [0.717, 1.165) is 31.7 Å². The molecule has 3 fully saturated rings. The lowest BCUT2D eigenvalue weighted by Gasteiger charge is -2.50. The minimum atomic E-state index is -0.143. The largest absolute Gasteiger partial charge is 0.309 e. The van der Waals surface area contributed by atoms with Crippen molar-refractivity contribution < 1.29 is 4.39 Å². The molecular weight excluding hydrogens is 253 g/mol. The van der Waals surface area contributed by atoms with Gasteiger partial charge in [-0.1, -0.05) is 13.0 Å². The zero-order chi connectivity index (χ0) is 14.1. The van der Waals surface area contributed by atoms with Crippen LogP contribution >= 0.6 is 0 Å². The van der Waals surface area contributed by atoms with Gasteiger partial charge in [-0.25, -0.2) is 4.39 Å². The molecular formula is C16H24FN3. The summed E-state index contributed by atoms with van der Waals surface area (Å²) in [6, 6.07) is 5.99. The molecule has 3 aliphatic rings. The average molecular weight is 277 g/mol. The van der Waals surface area contributed by atoms with Crippen LogP contribution in [0.5, 0.6) is 0 Å². The highest BCUT2D eigenvalue weighted by molar-refractivity contribution is 5.31. The summed E-state index contributed by atoms with van der Waals surface area (Å²) in [4.78, 5) is 5.14. The van der Waals surface area contributed by atoms with Crippen molar-refractivity contribution >= 4 is 0 Å². The van der Waals surface area contributed by atoms with Crippen LogP contribution in [0.15, 0.2) is 18.2 Å². The number of nitrogens with zero attached hydrogens (tertiary/aromatic N) is 2. The van der Waals surface area contributed by atoms with Gasteiger partial charge in [-0.3, -0.25) is 9.80 Å². The van der Waals surface area contributed by atoms with E-state index in [1.807, 2.05) is 13.0 Å². The average Bonchev–Trinajstić information content (AvgIpc) is 2.47. The van der Waals surface area contributed by atoms with E-state index in [1.165, 1.54) is 18.7 Å². The minimum absolute atomic E-state index is 0.143. The van der Waals surface area contributed by atoms with Crippen molar-refractivity contribution in [2.45, 2.75) is 25.9 Å². The first kappa shape index (κ1) is 14.0. The Bertz CT molecular complexity index is 469. The van der Waals surface area contributed by atoms with E-state index in [1.54, 1.807) is 12.1 Å². The van der Waals surface area contributed by atoms with Crippen molar-refractivity contribution in [2.75, 3.05) is 39.3 Å². The molecule has 110 valence electrons. The molecule has 0 saturated carbocycles. The molecule has 0 aromatic heterocycles. The van der Waals surface area contributed by atoms with Gasteiger partial charge in [0.15, 0.2) is 0 Å². The predicted octanol–water partition coefficient (Wildman–Crippen LogP) is 1.78. The van der Waals surface area contributed by atoms with Crippen LogP contribution in [0.25, 0.3) is 0 Å². The Morgan fingerprint density at radius 3 is 2.60 bits per heavy atom. The fourth-order valence-electron chi connectivity index (χ4n) is 3.64. The Morgan fingerprint density at radius 1 is 1.30 bits per heavy atom. The topological polar surface area (TPSA) is 18.5 Å². The van der Waals surface area contributed by atoms with Crippen LogP contribution in [0, 0.1) is 12.7 Å². The lowest BCUT2D eigenvalue weighted by atomic mass is 9.91. The summed E-state index contributed by atoms with van der Waals surface area (Å²) in [5.74, 6) is -0.143. The molecule has 3 nitrogen and oxygen atoms in total. The van der Waals surface area contributed by atoms with E-state index in [-0.39, 0.29) is 5.82 Å². The Kier molecular flexibility index (Phi) is 4.06. The van der Waals surface area contributed by atoms with E-state index in [9.17, 15) is 4.39 Å². The first-order chi connectivity index (χ1) is 9.69. The first-order valence-corrected chi connectivity index (χ1v) is 7.65. The van der Waals surface area contributed by atoms with Gasteiger partial charge in [-0.05, 0) is 36.7 Å². The first-order valence-electron chi connectivity index (χ1n) is 7.65. The number of hydrogen-bond acceptors (Lipinski definition) is 3. The van der Waals surface area contributed by atoms with E-state index in [2.05, 4.69) is 22.0 Å². The Balaban J connectivity index is 1.88. The number of benzene rings is 1. The highest BCUT2D eigenvalue weighted by Crippen LogP contribution is 2.29. The summed E-state index contributed by atoms with van der Waals surface area (Å²) < 4.78 is 13.3. The number of rotatable bonds is 4. The third-order valence-electron chi connectivity index (χ3n) is 4.70. The van der Waals surface area contributed by atoms with Crippen LogP contribution in [-0.2, 0) is 0 Å². The van der Waals surface area contributed by atoms with Crippen LogP contribution in [0.1, 0.15) is 24.1 Å². The smallest absolute Gasteiger partial charge is 0.123 e. The summed E-state index contributed by atoms with van der Waals surface area (Å²) in [6.45, 7) is 10.9. The zero-order valence-corrected chi connectivity index (χ0v) is 12.4. The van der Waals surface area contributed by atoms with Gasteiger partial charge in [0, 0.05) is 44.8 Å². The molecule has 0 amide bonds. The van der Waals surface area contributed by atoms with Crippen LogP contribution in [0.2, 0.25) is 0 Å². The van der Waals surface area contributed by atoms with Crippen LogP contribution in [0.4, 0.5) is 4.39 Å². The Morgan fingerprint density at radius 2 is 2.05 bits per heavy atom. The van der Waals surface area contributed by atoms with Gasteiger partial charge >= 0.3 is 0 Å². The molecule has 0 spiro atoms. The highest BCUT2D eigenvalue weighted by Gasteiger charge is 2.37. The zero-order valence-electron chi connectivity index (χ0n) is 12.4. The molecule has 3 heterocycles. The number of likely N-dealkylation sites (N-methyl/N-ethyl adjacent to an activating group) is 1. The summed E-state index contributed by atoms with van der Waals surface area (Å²) >= 11 is 0. The molecule has 3 aliphatic heterocycles. The molecule has 1 aromatic rings. The molecule has 4 rings (SSSR count). The maximum Gasteiger partial charge on any atom is 0.123 e. The number of fused-ring (bicyclic) bond motifs is 3. The van der Waals surface area contributed by atoms with Crippen LogP contribution < -0.4 is 5.32 Å². The molecule has 2 bridgehead atoms. The molecule has 1 aromatic carbocycles. The van der Waals surface area contributed by atoms with Gasteiger partial charge in [-0.2, -0.15) is 0 Å². The number of halogens is 1. The molecule has 2 unspecified atom stereocenters. The quantitative estimate of drug-likeness (QED) is 0.905. The van der Waals surface area contributed by atoms with Gasteiger partial charge in [0.2, 0.25) is 0 Å². The van der Waals surface area contributed by atoms with Gasteiger partial charge in [0.25, 0.3) is 0 Å².